The van der Waals surface area contributed by atoms with Crippen LogP contribution in [-0.2, 0) is 42.1 Å². The van der Waals surface area contributed by atoms with E-state index in [0.29, 0.717) is 42.1 Å². The highest BCUT2D eigenvalue weighted by Crippen LogP contribution is 2.67. The Morgan fingerprint density at radius 2 is 1.47 bits per heavy atom. The van der Waals surface area contributed by atoms with Crippen LogP contribution in [0.2, 0.25) is 36.3 Å². The Hall–Kier alpha value is -3.13. The molecule has 0 aromatic heterocycles. The zero-order chi connectivity index (χ0) is 52.6. The van der Waals surface area contributed by atoms with Crippen LogP contribution in [-0.4, -0.2) is 117 Å². The molecule has 3 aliphatic carbocycles. The molecule has 3 fully saturated rings. The number of ether oxygens (including phenoxy) is 5. The van der Waals surface area contributed by atoms with Crippen molar-refractivity contribution in [1.29, 1.82) is 0 Å². The number of alkyl carbamates (subject to hydrolysis) is 1. The minimum Gasteiger partial charge on any atom is -0.456 e. The summed E-state index contributed by atoms with van der Waals surface area (Å²) < 4.78 is 46.7. The van der Waals surface area contributed by atoms with Crippen LogP contribution in [0.15, 0.2) is 41.5 Å². The third kappa shape index (κ3) is 10.8. The maximum atomic E-state index is 15.4. The van der Waals surface area contributed by atoms with Crippen LogP contribution in [0.1, 0.15) is 147 Å². The van der Waals surface area contributed by atoms with E-state index in [1.54, 1.807) is 51.1 Å². The molecular weight excluding hydrogens is 927 g/mol. The fourth-order valence-corrected chi connectivity index (χ4v) is 18.7. The first-order valence-corrected chi connectivity index (χ1v) is 31.3. The number of fused-ring (bicyclic) bond motifs is 5. The largest absolute Gasteiger partial charge is 0.456 e. The molecule has 4 aliphatic rings. The van der Waals surface area contributed by atoms with Gasteiger partial charge in [0, 0.05) is 36.5 Å². The second kappa shape index (κ2) is 21.8. The maximum Gasteiger partial charge on any atom is 0.407 e. The van der Waals surface area contributed by atoms with Crippen molar-refractivity contribution in [2.75, 3.05) is 6.61 Å². The van der Waals surface area contributed by atoms with Crippen molar-refractivity contribution in [3.8, 4) is 0 Å². The number of benzene rings is 1. The van der Waals surface area contributed by atoms with E-state index in [1.165, 1.54) is 6.92 Å². The molecule has 12 atom stereocenters. The van der Waals surface area contributed by atoms with Crippen LogP contribution in [0, 0.1) is 28.6 Å². The molecule has 1 amide bonds. The summed E-state index contributed by atoms with van der Waals surface area (Å²) in [6.07, 6.45) is -6.75. The monoisotopic (exact) mass is 1020 g/mol. The SMILES string of the molecule is CC[Si](CC)(CC)O[C@H]1C[C@H]2OC[C@@]2(OC(C)=O)[C@H]2[C@H](OC(=O)c3ccccc3)[C@]3(O)C[C@H](OC(=O)[C@H](O[Si](CC)(CC)CC)[C@H](CC(C)C)NC(=O)OC(C)(C)C)C(C)=C([C@H](C)[C@H](O)[C@]12C)C3(C)C. The number of esters is 3. The van der Waals surface area contributed by atoms with Crippen LogP contribution < -0.4 is 5.32 Å². The highest BCUT2D eigenvalue weighted by atomic mass is 28.4. The van der Waals surface area contributed by atoms with Crippen molar-refractivity contribution in [3.63, 3.8) is 0 Å². The van der Waals surface area contributed by atoms with E-state index >= 15 is 4.79 Å². The Bertz CT molecular complexity index is 2030. The van der Waals surface area contributed by atoms with Gasteiger partial charge >= 0.3 is 24.0 Å². The highest BCUT2D eigenvalue weighted by Gasteiger charge is 2.78. The van der Waals surface area contributed by atoms with Crippen molar-refractivity contribution >= 4 is 40.6 Å². The first kappa shape index (κ1) is 57.8. The lowest BCUT2D eigenvalue weighted by Gasteiger charge is -2.70. The van der Waals surface area contributed by atoms with Gasteiger partial charge < -0.3 is 48.1 Å². The summed E-state index contributed by atoms with van der Waals surface area (Å²) in [6.45, 7) is 32.7. The zero-order valence-corrected chi connectivity index (χ0v) is 47.6. The molecule has 1 aliphatic heterocycles. The summed E-state index contributed by atoms with van der Waals surface area (Å²) in [5, 5.41) is 30.8. The van der Waals surface area contributed by atoms with Gasteiger partial charge in [0.1, 0.15) is 29.5 Å². The quantitative estimate of drug-likeness (QED) is 0.0515. The fourth-order valence-electron chi connectivity index (χ4n) is 13.0. The molecule has 0 spiro atoms. The smallest absolute Gasteiger partial charge is 0.407 e. The standard InChI is InChI=1S/C54H89NO13Si2/c1-18-69(19-2,20-3)67-40-30-41-53(32-62-41,65-36(11)56)44-46(64-47(58)37-27-25-24-26-28-37)54(61)31-39(34(9)42(51(54,15)16)35(10)45(57)52(40,44)17)63-48(59)43(68-70(21-4,22-5)23-6)38(29-33(7)8)55-49(60)66-50(12,13)14/h24-28,33,35,38-41,43-46,57,61H,18-23,29-32H2,1-17H3,(H,55,60)/t35-,38-,39-,40-,41+,43+,44-,45-,46-,52+,53-,54+/m0/s1. The Labute approximate surface area is 421 Å². The molecule has 14 nitrogen and oxygen atoms in total. The average Bonchev–Trinajstić information content (AvgIpc) is 3.28. The summed E-state index contributed by atoms with van der Waals surface area (Å²) in [5.74, 6) is -3.80. The van der Waals surface area contributed by atoms with Gasteiger partial charge in [-0.05, 0) is 94.0 Å². The van der Waals surface area contributed by atoms with Crippen LogP contribution >= 0.6 is 0 Å². The number of carbonyl (C=O) groups excluding carboxylic acids is 4. The summed E-state index contributed by atoms with van der Waals surface area (Å²) in [6, 6.07) is 12.3. The third-order valence-corrected chi connectivity index (χ3v) is 26.6. The number of aliphatic hydroxyl groups excluding tert-OH is 1. The van der Waals surface area contributed by atoms with Gasteiger partial charge in [0.05, 0.1) is 36.3 Å². The molecular formula is C54H89NO13Si2. The molecule has 0 radical (unpaired) electrons. The predicted molar refractivity (Wildman–Crippen MR) is 274 cm³/mol. The van der Waals surface area contributed by atoms with E-state index in [4.69, 9.17) is 32.5 Å². The first-order valence-electron chi connectivity index (χ1n) is 26.3. The summed E-state index contributed by atoms with van der Waals surface area (Å²) in [7, 11) is -5.05. The van der Waals surface area contributed by atoms with Crippen molar-refractivity contribution in [2.45, 2.75) is 233 Å². The molecule has 0 unspecified atom stereocenters. The zero-order valence-electron chi connectivity index (χ0n) is 45.6. The lowest BCUT2D eigenvalue weighted by atomic mass is 9.43. The van der Waals surface area contributed by atoms with Crippen LogP contribution in [0.25, 0.3) is 0 Å². The highest BCUT2D eigenvalue weighted by molar-refractivity contribution is 6.74. The Morgan fingerprint density at radius 3 is 1.96 bits per heavy atom. The van der Waals surface area contributed by atoms with Gasteiger partial charge in [0.25, 0.3) is 0 Å². The second-order valence-corrected chi connectivity index (χ2v) is 32.6. The number of nitrogens with one attached hydrogen (secondary N) is 1. The molecule has 396 valence electrons. The number of hydrogen-bond donors (Lipinski definition) is 3. The number of amides is 1. The Morgan fingerprint density at radius 1 is 0.900 bits per heavy atom. The molecule has 1 heterocycles. The molecule has 2 saturated carbocycles. The molecule has 1 saturated heterocycles. The van der Waals surface area contributed by atoms with Gasteiger partial charge in [-0.3, -0.25) is 4.79 Å². The van der Waals surface area contributed by atoms with Gasteiger partial charge in [-0.25, -0.2) is 14.4 Å². The van der Waals surface area contributed by atoms with E-state index in [0.717, 1.165) is 18.1 Å². The first-order chi connectivity index (χ1) is 32.5. The summed E-state index contributed by atoms with van der Waals surface area (Å²) in [4.78, 5) is 57.2. The van der Waals surface area contributed by atoms with E-state index in [1.807, 2.05) is 48.5 Å². The van der Waals surface area contributed by atoms with Gasteiger partial charge in [-0.15, -0.1) is 0 Å². The molecule has 3 N–H and O–H groups in total. The normalized spacial score (nSPS) is 31.7. The molecule has 2 bridgehead atoms. The summed E-state index contributed by atoms with van der Waals surface area (Å²) in [5.41, 5.74) is -5.39. The molecule has 1 aromatic carbocycles. The topological polar surface area (TPSA) is 185 Å². The Balaban J connectivity index is 1.79. The van der Waals surface area contributed by atoms with Crippen molar-refractivity contribution in [3.05, 3.63) is 47.0 Å². The number of carbonyl (C=O) groups is 4. The molecule has 1 aromatic rings. The number of hydrogen-bond acceptors (Lipinski definition) is 13. The van der Waals surface area contributed by atoms with E-state index in [-0.39, 0.29) is 24.5 Å². The molecule has 5 rings (SSSR count). The van der Waals surface area contributed by atoms with Crippen LogP contribution in [0.4, 0.5) is 4.79 Å². The third-order valence-electron chi connectivity index (χ3n) is 17.4. The van der Waals surface area contributed by atoms with E-state index < -0.39 is 123 Å². The van der Waals surface area contributed by atoms with Crippen molar-refractivity contribution < 1.29 is 61.9 Å². The predicted octanol–water partition coefficient (Wildman–Crippen LogP) is 10.1. The number of rotatable bonds is 19. The van der Waals surface area contributed by atoms with Gasteiger partial charge in [0.15, 0.2) is 28.3 Å². The lowest BCUT2D eigenvalue weighted by Crippen LogP contribution is -2.82. The van der Waals surface area contributed by atoms with Gasteiger partial charge in [-0.1, -0.05) is 107 Å². The minimum atomic E-state index is -2.59. The second-order valence-electron chi connectivity index (χ2n) is 23.1. The summed E-state index contributed by atoms with van der Waals surface area (Å²) >= 11 is 0. The van der Waals surface area contributed by atoms with Gasteiger partial charge in [-0.2, -0.15) is 0 Å². The average molecular weight is 1020 g/mol. The minimum absolute atomic E-state index is 0.0232. The van der Waals surface area contributed by atoms with Crippen LogP contribution in [0.5, 0.6) is 0 Å². The maximum absolute atomic E-state index is 15.4. The Kier molecular flexibility index (Phi) is 18.0. The van der Waals surface area contributed by atoms with Crippen LogP contribution in [0.3, 0.4) is 0 Å². The van der Waals surface area contributed by atoms with Crippen molar-refractivity contribution in [2.24, 2.45) is 28.6 Å². The van der Waals surface area contributed by atoms with Gasteiger partial charge in [0.2, 0.25) is 0 Å². The van der Waals surface area contributed by atoms with Crippen molar-refractivity contribution in [1.82, 2.24) is 5.32 Å². The lowest BCUT2D eigenvalue weighted by molar-refractivity contribution is -0.361. The molecule has 70 heavy (non-hydrogen) atoms. The number of aliphatic hydroxyl groups is 2. The van der Waals surface area contributed by atoms with E-state index in [9.17, 15) is 24.6 Å². The fraction of sp³-hybridized carbons (Fsp3) is 0.778. The molecule has 16 heteroatoms. The van der Waals surface area contributed by atoms with E-state index in [2.05, 4.69) is 46.9 Å².